The molecule has 2 rings (SSSR count). The molecule has 1 aromatic rings. The van der Waals surface area contributed by atoms with Crippen LogP contribution >= 0.6 is 0 Å². The van der Waals surface area contributed by atoms with E-state index in [1.165, 1.54) is 31.2 Å². The second-order valence-electron chi connectivity index (χ2n) is 7.23. The summed E-state index contributed by atoms with van der Waals surface area (Å²) < 4.78 is 0. The number of nitrogens with one attached hydrogen (secondary N) is 1. The smallest absolute Gasteiger partial charge is 0.115 e. The number of benzene rings is 1. The normalized spacial score (nSPS) is 23.8. The first-order valence-electron chi connectivity index (χ1n) is 7.98. The standard InChI is InChI=1S/C18H29NO/c1-18(2,3)16-6-4-5-7-17(16)19-13-12-14-8-10-15(20)11-9-14/h8-11,16-17,19-20H,4-7,12-13H2,1-3H3. The second kappa shape index (κ2) is 6.62. The van der Waals surface area contributed by atoms with Crippen molar-refractivity contribution in [3.05, 3.63) is 29.8 Å². The van der Waals surface area contributed by atoms with Gasteiger partial charge in [0.05, 0.1) is 0 Å². The maximum absolute atomic E-state index is 9.29. The highest BCUT2D eigenvalue weighted by atomic mass is 16.3. The molecule has 2 atom stereocenters. The molecule has 1 fully saturated rings. The van der Waals surface area contributed by atoms with Gasteiger partial charge in [-0.2, -0.15) is 0 Å². The summed E-state index contributed by atoms with van der Waals surface area (Å²) in [7, 11) is 0. The summed E-state index contributed by atoms with van der Waals surface area (Å²) in [5.41, 5.74) is 1.69. The van der Waals surface area contributed by atoms with Crippen molar-refractivity contribution in [3.63, 3.8) is 0 Å². The molecule has 1 saturated carbocycles. The first-order chi connectivity index (χ1) is 9.47. The minimum absolute atomic E-state index is 0.349. The summed E-state index contributed by atoms with van der Waals surface area (Å²) in [6, 6.07) is 8.24. The summed E-state index contributed by atoms with van der Waals surface area (Å²) in [5, 5.41) is 13.1. The quantitative estimate of drug-likeness (QED) is 0.866. The van der Waals surface area contributed by atoms with E-state index in [-0.39, 0.29) is 0 Å². The monoisotopic (exact) mass is 275 g/mol. The Kier molecular flexibility index (Phi) is 5.09. The van der Waals surface area contributed by atoms with Crippen LogP contribution in [-0.4, -0.2) is 17.7 Å². The van der Waals surface area contributed by atoms with E-state index in [0.717, 1.165) is 18.9 Å². The average Bonchev–Trinajstić information content (AvgIpc) is 2.40. The van der Waals surface area contributed by atoms with Crippen LogP contribution in [-0.2, 0) is 6.42 Å². The van der Waals surface area contributed by atoms with Gasteiger partial charge in [0.25, 0.3) is 0 Å². The van der Waals surface area contributed by atoms with Crippen molar-refractivity contribution >= 4 is 0 Å². The summed E-state index contributed by atoms with van der Waals surface area (Å²) in [6.45, 7) is 8.15. The Morgan fingerprint density at radius 3 is 2.40 bits per heavy atom. The average molecular weight is 275 g/mol. The zero-order chi connectivity index (χ0) is 14.6. The second-order valence-corrected chi connectivity index (χ2v) is 7.23. The first-order valence-corrected chi connectivity index (χ1v) is 7.98. The van der Waals surface area contributed by atoms with Crippen molar-refractivity contribution in [2.75, 3.05) is 6.54 Å². The molecular weight excluding hydrogens is 246 g/mol. The Hall–Kier alpha value is -1.02. The van der Waals surface area contributed by atoms with Gasteiger partial charge in [-0.3, -0.25) is 0 Å². The highest BCUT2D eigenvalue weighted by Gasteiger charge is 2.33. The van der Waals surface area contributed by atoms with Crippen LogP contribution in [0.5, 0.6) is 5.75 Å². The third-order valence-corrected chi connectivity index (χ3v) is 4.63. The van der Waals surface area contributed by atoms with Gasteiger partial charge in [0.15, 0.2) is 0 Å². The van der Waals surface area contributed by atoms with E-state index in [1.807, 2.05) is 12.1 Å². The number of phenols is 1. The molecule has 0 saturated heterocycles. The number of aromatic hydroxyl groups is 1. The highest BCUT2D eigenvalue weighted by molar-refractivity contribution is 5.26. The highest BCUT2D eigenvalue weighted by Crippen LogP contribution is 2.37. The molecule has 0 spiro atoms. The molecule has 1 aromatic carbocycles. The third kappa shape index (κ3) is 4.24. The number of hydrogen-bond donors (Lipinski definition) is 2. The summed E-state index contributed by atoms with van der Waals surface area (Å²) >= 11 is 0. The van der Waals surface area contributed by atoms with Gasteiger partial charge < -0.3 is 10.4 Å². The molecular formula is C18H29NO. The van der Waals surface area contributed by atoms with Crippen molar-refractivity contribution in [1.29, 1.82) is 0 Å². The van der Waals surface area contributed by atoms with E-state index in [2.05, 4.69) is 26.1 Å². The first kappa shape index (κ1) is 15.4. The van der Waals surface area contributed by atoms with Crippen LogP contribution in [0.1, 0.15) is 52.0 Å². The number of hydrogen-bond acceptors (Lipinski definition) is 2. The van der Waals surface area contributed by atoms with Gasteiger partial charge in [-0.15, -0.1) is 0 Å². The zero-order valence-electron chi connectivity index (χ0n) is 13.2. The van der Waals surface area contributed by atoms with Crippen LogP contribution in [0.15, 0.2) is 24.3 Å². The van der Waals surface area contributed by atoms with Crippen LogP contribution in [0.3, 0.4) is 0 Å². The molecule has 2 unspecified atom stereocenters. The van der Waals surface area contributed by atoms with Crippen molar-refractivity contribution in [2.24, 2.45) is 11.3 Å². The predicted octanol–water partition coefficient (Wildman–Crippen LogP) is 4.13. The lowest BCUT2D eigenvalue weighted by Crippen LogP contribution is -2.44. The van der Waals surface area contributed by atoms with Crippen LogP contribution in [0, 0.1) is 11.3 Å². The van der Waals surface area contributed by atoms with E-state index in [9.17, 15) is 5.11 Å². The van der Waals surface area contributed by atoms with Gasteiger partial charge in [-0.1, -0.05) is 45.7 Å². The topological polar surface area (TPSA) is 32.3 Å². The molecule has 2 nitrogen and oxygen atoms in total. The maximum atomic E-state index is 9.29. The lowest BCUT2D eigenvalue weighted by Gasteiger charge is -2.41. The van der Waals surface area contributed by atoms with Gasteiger partial charge in [0, 0.05) is 6.04 Å². The molecule has 2 N–H and O–H groups in total. The Morgan fingerprint density at radius 1 is 1.10 bits per heavy atom. The molecule has 0 aromatic heterocycles. The molecule has 2 heteroatoms. The fourth-order valence-electron chi connectivity index (χ4n) is 3.48. The predicted molar refractivity (Wildman–Crippen MR) is 85.0 cm³/mol. The van der Waals surface area contributed by atoms with E-state index in [4.69, 9.17) is 0 Å². The molecule has 0 aliphatic heterocycles. The van der Waals surface area contributed by atoms with Gasteiger partial charge in [0.2, 0.25) is 0 Å². The Bertz CT molecular complexity index is 404. The minimum Gasteiger partial charge on any atom is -0.508 e. The van der Waals surface area contributed by atoms with Gasteiger partial charge >= 0.3 is 0 Å². The molecule has 0 bridgehead atoms. The van der Waals surface area contributed by atoms with Gasteiger partial charge in [0.1, 0.15) is 5.75 Å². The third-order valence-electron chi connectivity index (χ3n) is 4.63. The minimum atomic E-state index is 0.349. The molecule has 0 heterocycles. The SMILES string of the molecule is CC(C)(C)C1CCCCC1NCCc1ccc(O)cc1. The lowest BCUT2D eigenvalue weighted by atomic mass is 9.69. The fraction of sp³-hybridized carbons (Fsp3) is 0.667. The molecule has 0 radical (unpaired) electrons. The Labute approximate surface area is 123 Å². The molecule has 0 amide bonds. The van der Waals surface area contributed by atoms with E-state index < -0.39 is 0 Å². The van der Waals surface area contributed by atoms with E-state index in [0.29, 0.717) is 17.2 Å². The van der Waals surface area contributed by atoms with Gasteiger partial charge in [-0.25, -0.2) is 0 Å². The summed E-state index contributed by atoms with van der Waals surface area (Å²) in [6.07, 6.45) is 6.47. The van der Waals surface area contributed by atoms with Crippen LogP contribution in [0.2, 0.25) is 0 Å². The van der Waals surface area contributed by atoms with Crippen molar-refractivity contribution in [1.82, 2.24) is 5.32 Å². The number of rotatable bonds is 4. The fourth-order valence-corrected chi connectivity index (χ4v) is 3.48. The molecule has 1 aliphatic rings. The summed E-state index contributed by atoms with van der Waals surface area (Å²) in [5.74, 6) is 1.14. The van der Waals surface area contributed by atoms with E-state index in [1.54, 1.807) is 12.1 Å². The van der Waals surface area contributed by atoms with Crippen molar-refractivity contribution in [2.45, 2.75) is 58.9 Å². The summed E-state index contributed by atoms with van der Waals surface area (Å²) in [4.78, 5) is 0. The molecule has 112 valence electrons. The molecule has 1 aliphatic carbocycles. The van der Waals surface area contributed by atoms with Gasteiger partial charge in [-0.05, 0) is 54.8 Å². The largest absolute Gasteiger partial charge is 0.508 e. The van der Waals surface area contributed by atoms with Crippen LogP contribution in [0.4, 0.5) is 0 Å². The lowest BCUT2D eigenvalue weighted by molar-refractivity contribution is 0.131. The van der Waals surface area contributed by atoms with Crippen molar-refractivity contribution in [3.8, 4) is 5.75 Å². The Balaban J connectivity index is 1.84. The maximum Gasteiger partial charge on any atom is 0.115 e. The number of phenolic OH excluding ortho intramolecular Hbond substituents is 1. The molecule has 20 heavy (non-hydrogen) atoms. The van der Waals surface area contributed by atoms with Crippen LogP contribution < -0.4 is 5.32 Å². The van der Waals surface area contributed by atoms with E-state index >= 15 is 0 Å². The van der Waals surface area contributed by atoms with Crippen LogP contribution in [0.25, 0.3) is 0 Å². The zero-order valence-corrected chi connectivity index (χ0v) is 13.2. The van der Waals surface area contributed by atoms with Crippen molar-refractivity contribution < 1.29 is 5.11 Å². The Morgan fingerprint density at radius 2 is 1.75 bits per heavy atom.